The van der Waals surface area contributed by atoms with Crippen LogP contribution in [0, 0.1) is 6.92 Å². The van der Waals surface area contributed by atoms with Gasteiger partial charge in [0.05, 0.1) is 11.4 Å². The van der Waals surface area contributed by atoms with Crippen molar-refractivity contribution in [2.75, 3.05) is 12.4 Å². The van der Waals surface area contributed by atoms with Crippen LogP contribution in [0.3, 0.4) is 0 Å². The number of hydrogen-bond acceptors (Lipinski definition) is 2. The van der Waals surface area contributed by atoms with Crippen molar-refractivity contribution in [1.82, 2.24) is 14.7 Å². The van der Waals surface area contributed by atoms with Gasteiger partial charge in [0.1, 0.15) is 0 Å². The van der Waals surface area contributed by atoms with Gasteiger partial charge in [0.2, 0.25) is 0 Å². The first-order valence-electron chi connectivity index (χ1n) is 7.08. The van der Waals surface area contributed by atoms with Gasteiger partial charge in [-0.2, -0.15) is 5.10 Å². The number of nitrogens with zero attached hydrogens (tertiary/aromatic N) is 3. The Hall–Kier alpha value is -0.540. The molecule has 2 rings (SSSR count). The molecule has 1 unspecified atom stereocenters. The molecule has 18 heavy (non-hydrogen) atoms. The molecule has 1 aliphatic heterocycles. The van der Waals surface area contributed by atoms with Crippen LogP contribution in [0.1, 0.15) is 44.0 Å². The van der Waals surface area contributed by atoms with E-state index in [4.69, 9.17) is 11.6 Å². The van der Waals surface area contributed by atoms with Crippen molar-refractivity contribution in [3.05, 3.63) is 17.5 Å². The van der Waals surface area contributed by atoms with Crippen LogP contribution >= 0.6 is 11.6 Å². The molecule has 1 saturated heterocycles. The van der Waals surface area contributed by atoms with Crippen LogP contribution in [-0.2, 0) is 13.1 Å². The first-order chi connectivity index (χ1) is 8.74. The molecular weight excluding hydrogens is 246 g/mol. The van der Waals surface area contributed by atoms with Crippen molar-refractivity contribution in [2.24, 2.45) is 0 Å². The van der Waals surface area contributed by atoms with Crippen molar-refractivity contribution in [3.63, 3.8) is 0 Å². The van der Waals surface area contributed by atoms with Crippen LogP contribution in [0.4, 0.5) is 0 Å². The molecule has 1 fully saturated rings. The molecule has 0 N–H and O–H groups in total. The maximum atomic E-state index is 6.13. The zero-order valence-corrected chi connectivity index (χ0v) is 12.3. The number of halogens is 1. The summed E-state index contributed by atoms with van der Waals surface area (Å²) in [6.45, 7) is 7.33. The van der Waals surface area contributed by atoms with Crippen molar-refractivity contribution in [1.29, 1.82) is 0 Å². The Morgan fingerprint density at radius 3 is 2.94 bits per heavy atom. The van der Waals surface area contributed by atoms with E-state index in [2.05, 4.69) is 34.6 Å². The molecule has 0 aromatic carbocycles. The van der Waals surface area contributed by atoms with Gasteiger partial charge in [0.15, 0.2) is 0 Å². The van der Waals surface area contributed by atoms with E-state index in [0.29, 0.717) is 6.04 Å². The van der Waals surface area contributed by atoms with Gasteiger partial charge in [-0.15, -0.1) is 11.6 Å². The van der Waals surface area contributed by atoms with Gasteiger partial charge in [0, 0.05) is 25.0 Å². The van der Waals surface area contributed by atoms with Crippen LogP contribution in [0.15, 0.2) is 6.07 Å². The van der Waals surface area contributed by atoms with Crippen LogP contribution in [0.2, 0.25) is 0 Å². The Kier molecular flexibility index (Phi) is 5.07. The summed E-state index contributed by atoms with van der Waals surface area (Å²) in [5, 5.41) is 4.53. The van der Waals surface area contributed by atoms with Crippen LogP contribution in [0.5, 0.6) is 0 Å². The van der Waals surface area contributed by atoms with Crippen molar-refractivity contribution in [3.8, 4) is 0 Å². The average molecular weight is 270 g/mol. The molecule has 3 nitrogen and oxygen atoms in total. The standard InChI is InChI=1S/C14H24ClN3/c1-3-18-14(9-12(2)16-18)11-17-8-6-4-5-7-13(17)10-15/h9,13H,3-8,10-11H2,1-2H3. The Labute approximate surface area is 115 Å². The van der Waals surface area contributed by atoms with Crippen LogP contribution < -0.4 is 0 Å². The number of aryl methyl sites for hydroxylation is 2. The minimum atomic E-state index is 0.537. The van der Waals surface area contributed by atoms with Crippen LogP contribution in [-0.4, -0.2) is 33.1 Å². The topological polar surface area (TPSA) is 21.1 Å². The normalized spacial score (nSPS) is 22.1. The van der Waals surface area contributed by atoms with E-state index in [1.165, 1.54) is 37.9 Å². The Balaban J connectivity index is 2.09. The third kappa shape index (κ3) is 3.27. The second-order valence-corrected chi connectivity index (χ2v) is 5.53. The quantitative estimate of drug-likeness (QED) is 0.783. The van der Waals surface area contributed by atoms with Gasteiger partial charge < -0.3 is 0 Å². The Bertz CT molecular complexity index is 375. The number of alkyl halides is 1. The SMILES string of the molecule is CCn1nc(C)cc1CN1CCCCCC1CCl. The number of likely N-dealkylation sites (tertiary alicyclic amines) is 1. The molecule has 1 aromatic heterocycles. The average Bonchev–Trinajstić information content (AvgIpc) is 2.59. The van der Waals surface area contributed by atoms with Crippen molar-refractivity contribution < 1.29 is 0 Å². The number of rotatable bonds is 4. The number of hydrogen-bond donors (Lipinski definition) is 0. The first kappa shape index (κ1) is 13.9. The highest BCUT2D eigenvalue weighted by Gasteiger charge is 2.21. The summed E-state index contributed by atoms with van der Waals surface area (Å²) < 4.78 is 2.12. The fourth-order valence-corrected chi connectivity index (χ4v) is 3.18. The summed E-state index contributed by atoms with van der Waals surface area (Å²) in [6, 6.07) is 2.74. The molecule has 1 aliphatic rings. The molecule has 0 radical (unpaired) electrons. The predicted octanol–water partition coefficient (Wildman–Crippen LogP) is 3.19. The van der Waals surface area contributed by atoms with E-state index in [1.54, 1.807) is 0 Å². The Morgan fingerprint density at radius 2 is 2.22 bits per heavy atom. The number of aromatic nitrogens is 2. The lowest BCUT2D eigenvalue weighted by Gasteiger charge is -2.28. The van der Waals surface area contributed by atoms with Crippen LogP contribution in [0.25, 0.3) is 0 Å². The van der Waals surface area contributed by atoms with E-state index >= 15 is 0 Å². The van der Waals surface area contributed by atoms with Gasteiger partial charge in [-0.05, 0) is 39.3 Å². The molecule has 0 bridgehead atoms. The van der Waals surface area contributed by atoms with E-state index in [9.17, 15) is 0 Å². The lowest BCUT2D eigenvalue weighted by molar-refractivity contribution is 0.201. The lowest BCUT2D eigenvalue weighted by Crippen LogP contribution is -2.36. The molecule has 0 saturated carbocycles. The summed E-state index contributed by atoms with van der Waals surface area (Å²) in [6.07, 6.45) is 5.20. The molecule has 1 atom stereocenters. The maximum absolute atomic E-state index is 6.13. The van der Waals surface area contributed by atoms with Gasteiger partial charge >= 0.3 is 0 Å². The first-order valence-corrected chi connectivity index (χ1v) is 7.61. The molecule has 0 amide bonds. The zero-order chi connectivity index (χ0) is 13.0. The van der Waals surface area contributed by atoms with E-state index in [-0.39, 0.29) is 0 Å². The summed E-state index contributed by atoms with van der Waals surface area (Å²) in [5.41, 5.74) is 2.44. The lowest BCUT2D eigenvalue weighted by atomic mass is 10.1. The third-order valence-electron chi connectivity index (χ3n) is 3.83. The molecule has 102 valence electrons. The summed E-state index contributed by atoms with van der Waals surface area (Å²) in [5.74, 6) is 0.749. The molecule has 0 aliphatic carbocycles. The monoisotopic (exact) mass is 269 g/mol. The van der Waals surface area contributed by atoms with E-state index < -0.39 is 0 Å². The van der Waals surface area contributed by atoms with Gasteiger partial charge in [0.25, 0.3) is 0 Å². The highest BCUT2D eigenvalue weighted by Crippen LogP contribution is 2.20. The second-order valence-electron chi connectivity index (χ2n) is 5.22. The summed E-state index contributed by atoms with van der Waals surface area (Å²) >= 11 is 6.13. The molecule has 0 spiro atoms. The van der Waals surface area contributed by atoms with E-state index in [1.807, 2.05) is 0 Å². The predicted molar refractivity (Wildman–Crippen MR) is 76.0 cm³/mol. The minimum absolute atomic E-state index is 0.537. The zero-order valence-electron chi connectivity index (χ0n) is 11.5. The van der Waals surface area contributed by atoms with Gasteiger partial charge in [-0.25, -0.2) is 0 Å². The van der Waals surface area contributed by atoms with Gasteiger partial charge in [-0.3, -0.25) is 9.58 Å². The Morgan fingerprint density at radius 1 is 1.39 bits per heavy atom. The summed E-state index contributed by atoms with van der Waals surface area (Å²) in [7, 11) is 0. The molecule has 4 heteroatoms. The second kappa shape index (κ2) is 6.58. The molecule has 1 aromatic rings. The molecule has 2 heterocycles. The maximum Gasteiger partial charge on any atom is 0.0597 e. The largest absolute Gasteiger partial charge is 0.293 e. The summed E-state index contributed by atoms with van der Waals surface area (Å²) in [4.78, 5) is 2.54. The molecular formula is C14H24ClN3. The fourth-order valence-electron chi connectivity index (χ4n) is 2.83. The van der Waals surface area contributed by atoms with Crippen molar-refractivity contribution in [2.45, 2.75) is 58.7 Å². The highest BCUT2D eigenvalue weighted by atomic mass is 35.5. The smallest absolute Gasteiger partial charge is 0.0597 e. The third-order valence-corrected chi connectivity index (χ3v) is 4.18. The fraction of sp³-hybridized carbons (Fsp3) is 0.786. The van der Waals surface area contributed by atoms with Crippen molar-refractivity contribution >= 4 is 11.6 Å². The van der Waals surface area contributed by atoms with Gasteiger partial charge in [-0.1, -0.05) is 12.8 Å². The minimum Gasteiger partial charge on any atom is -0.293 e. The van der Waals surface area contributed by atoms with E-state index in [0.717, 1.165) is 24.7 Å². The highest BCUT2D eigenvalue weighted by molar-refractivity contribution is 6.18.